The number of nitrogens with one attached hydrogen (secondary N) is 1. The monoisotopic (exact) mass is 367 g/mol. The highest BCUT2D eigenvalue weighted by Crippen LogP contribution is 2.27. The number of carbonyl (C=O) groups is 1. The lowest BCUT2D eigenvalue weighted by molar-refractivity contribution is 0.100. The molecule has 118 valence electrons. The molecule has 3 N–H and O–H groups in total. The number of nitrogens with two attached hydrogens (primary N) is 1. The van der Waals surface area contributed by atoms with Gasteiger partial charge in [-0.15, -0.1) is 11.3 Å². The molecule has 0 aliphatic rings. The number of rotatable bonds is 3. The average molecular weight is 368 g/mol. The van der Waals surface area contributed by atoms with Gasteiger partial charge in [0.2, 0.25) is 0 Å². The van der Waals surface area contributed by atoms with Crippen molar-refractivity contribution in [3.05, 3.63) is 60.4 Å². The van der Waals surface area contributed by atoms with Crippen LogP contribution in [0.2, 0.25) is 10.0 Å². The summed E-state index contributed by atoms with van der Waals surface area (Å²) in [4.78, 5) is 31.7. The van der Waals surface area contributed by atoms with Gasteiger partial charge in [-0.05, 0) is 30.2 Å². The van der Waals surface area contributed by atoms with Gasteiger partial charge in [0, 0.05) is 6.42 Å². The van der Waals surface area contributed by atoms with Gasteiger partial charge in [-0.2, -0.15) is 0 Å². The van der Waals surface area contributed by atoms with Crippen LogP contribution in [0.1, 0.15) is 26.6 Å². The van der Waals surface area contributed by atoms with E-state index in [2.05, 4.69) is 9.97 Å². The van der Waals surface area contributed by atoms with Crippen molar-refractivity contribution >= 4 is 50.7 Å². The predicted octanol–water partition coefficient (Wildman–Crippen LogP) is 3.29. The third-order valence-electron chi connectivity index (χ3n) is 3.43. The number of thiophene rings is 1. The Morgan fingerprint density at radius 1 is 1.35 bits per heavy atom. The molecule has 3 aromatic rings. The topological polar surface area (TPSA) is 88.8 Å². The fraction of sp³-hybridized carbons (Fsp3) is 0.133. The number of aryl methyl sites for hydroxylation is 1. The van der Waals surface area contributed by atoms with Crippen molar-refractivity contribution in [2.24, 2.45) is 5.73 Å². The van der Waals surface area contributed by atoms with Crippen LogP contribution in [0, 0.1) is 6.92 Å². The molecule has 2 aromatic heterocycles. The van der Waals surface area contributed by atoms with E-state index in [9.17, 15) is 9.59 Å². The number of halogens is 2. The molecule has 2 heterocycles. The molecule has 0 bridgehead atoms. The minimum atomic E-state index is -0.559. The zero-order valence-electron chi connectivity index (χ0n) is 11.9. The summed E-state index contributed by atoms with van der Waals surface area (Å²) in [6, 6.07) is 5.23. The summed E-state index contributed by atoms with van der Waals surface area (Å²) in [5.41, 5.74) is 6.47. The highest BCUT2D eigenvalue weighted by Gasteiger charge is 2.17. The van der Waals surface area contributed by atoms with Gasteiger partial charge in [-0.3, -0.25) is 9.59 Å². The first-order chi connectivity index (χ1) is 10.9. The lowest BCUT2D eigenvalue weighted by Gasteiger charge is -2.03. The Labute approximate surface area is 145 Å². The Hall–Kier alpha value is -1.89. The summed E-state index contributed by atoms with van der Waals surface area (Å²) >= 11 is 13.0. The van der Waals surface area contributed by atoms with Crippen LogP contribution in [0.5, 0.6) is 0 Å². The number of primary amides is 1. The number of amides is 1. The molecule has 0 aliphatic carbocycles. The molecule has 1 aromatic carbocycles. The van der Waals surface area contributed by atoms with E-state index in [0.29, 0.717) is 42.9 Å². The highest BCUT2D eigenvalue weighted by molar-refractivity contribution is 7.20. The first-order valence-electron chi connectivity index (χ1n) is 6.63. The standard InChI is InChI=1S/C15H11Cl2N3O2S/c1-6-11-14(22)19-10(20-15(11)23-12(6)13(18)21)5-7-2-3-8(16)9(17)4-7/h2-4H,5H2,1H3,(H2,18,21)(H,19,20,22). The van der Waals surface area contributed by atoms with E-state index >= 15 is 0 Å². The van der Waals surface area contributed by atoms with Gasteiger partial charge in [0.15, 0.2) is 0 Å². The second-order valence-electron chi connectivity index (χ2n) is 5.04. The van der Waals surface area contributed by atoms with E-state index in [1.165, 1.54) is 0 Å². The van der Waals surface area contributed by atoms with Gasteiger partial charge < -0.3 is 10.7 Å². The van der Waals surface area contributed by atoms with Crippen LogP contribution in [0.15, 0.2) is 23.0 Å². The fourth-order valence-corrected chi connectivity index (χ4v) is 3.72. The Bertz CT molecular complexity index is 994. The van der Waals surface area contributed by atoms with E-state index in [4.69, 9.17) is 28.9 Å². The van der Waals surface area contributed by atoms with Crippen LogP contribution >= 0.6 is 34.5 Å². The third kappa shape index (κ3) is 2.97. The van der Waals surface area contributed by atoms with E-state index in [-0.39, 0.29) is 5.56 Å². The Morgan fingerprint density at radius 2 is 2.09 bits per heavy atom. The summed E-state index contributed by atoms with van der Waals surface area (Å²) in [5, 5.41) is 1.31. The molecular formula is C15H11Cl2N3O2S. The molecule has 0 saturated carbocycles. The van der Waals surface area contributed by atoms with Crippen molar-refractivity contribution in [1.82, 2.24) is 9.97 Å². The zero-order valence-corrected chi connectivity index (χ0v) is 14.3. The van der Waals surface area contributed by atoms with Crippen molar-refractivity contribution < 1.29 is 4.79 Å². The maximum atomic E-state index is 12.3. The molecule has 0 unspecified atom stereocenters. The summed E-state index contributed by atoms with van der Waals surface area (Å²) in [7, 11) is 0. The number of benzene rings is 1. The number of nitrogens with zero attached hydrogens (tertiary/aromatic N) is 1. The highest BCUT2D eigenvalue weighted by atomic mass is 35.5. The first-order valence-corrected chi connectivity index (χ1v) is 8.20. The number of H-pyrrole nitrogens is 1. The van der Waals surface area contributed by atoms with Crippen molar-refractivity contribution in [2.45, 2.75) is 13.3 Å². The Kier molecular flexibility index (Phi) is 4.14. The second kappa shape index (κ2) is 5.96. The van der Waals surface area contributed by atoms with Crippen LogP contribution in [0.4, 0.5) is 0 Å². The zero-order chi connectivity index (χ0) is 16.7. The fourth-order valence-electron chi connectivity index (χ4n) is 2.35. The minimum Gasteiger partial charge on any atom is -0.365 e. The van der Waals surface area contributed by atoms with Crippen molar-refractivity contribution in [1.29, 1.82) is 0 Å². The quantitative estimate of drug-likeness (QED) is 0.744. The molecule has 3 rings (SSSR count). The maximum Gasteiger partial charge on any atom is 0.259 e. The molecule has 23 heavy (non-hydrogen) atoms. The van der Waals surface area contributed by atoms with Crippen LogP contribution < -0.4 is 11.3 Å². The SMILES string of the molecule is Cc1c(C(N)=O)sc2nc(Cc3ccc(Cl)c(Cl)c3)[nH]c(=O)c12. The summed E-state index contributed by atoms with van der Waals surface area (Å²) in [6.45, 7) is 1.69. The molecular weight excluding hydrogens is 357 g/mol. The second-order valence-corrected chi connectivity index (χ2v) is 6.85. The van der Waals surface area contributed by atoms with Crippen molar-refractivity contribution in [3.63, 3.8) is 0 Å². The molecule has 0 saturated heterocycles. The minimum absolute atomic E-state index is 0.286. The molecule has 0 spiro atoms. The Morgan fingerprint density at radius 3 is 2.74 bits per heavy atom. The smallest absolute Gasteiger partial charge is 0.259 e. The summed E-state index contributed by atoms with van der Waals surface area (Å²) in [6.07, 6.45) is 0.394. The lowest BCUT2D eigenvalue weighted by atomic mass is 10.1. The van der Waals surface area contributed by atoms with Crippen LogP contribution in [-0.4, -0.2) is 15.9 Å². The first kappa shape index (κ1) is 16.0. The third-order valence-corrected chi connectivity index (χ3v) is 5.37. The van der Waals surface area contributed by atoms with Gasteiger partial charge in [0.05, 0.1) is 20.3 Å². The number of aromatic nitrogens is 2. The van der Waals surface area contributed by atoms with Gasteiger partial charge in [-0.25, -0.2) is 4.98 Å². The number of hydrogen-bond donors (Lipinski definition) is 2. The predicted molar refractivity (Wildman–Crippen MR) is 92.8 cm³/mol. The molecule has 0 fully saturated rings. The van der Waals surface area contributed by atoms with Gasteiger partial charge in [0.1, 0.15) is 10.7 Å². The van der Waals surface area contributed by atoms with E-state index < -0.39 is 5.91 Å². The van der Waals surface area contributed by atoms with Gasteiger partial charge in [0.25, 0.3) is 11.5 Å². The number of carbonyl (C=O) groups excluding carboxylic acids is 1. The maximum absolute atomic E-state index is 12.3. The number of hydrogen-bond acceptors (Lipinski definition) is 4. The Balaban J connectivity index is 2.07. The normalized spacial score (nSPS) is 11.1. The van der Waals surface area contributed by atoms with Crippen molar-refractivity contribution in [2.75, 3.05) is 0 Å². The molecule has 0 atom stereocenters. The molecule has 0 aliphatic heterocycles. The lowest BCUT2D eigenvalue weighted by Crippen LogP contribution is -2.13. The van der Waals surface area contributed by atoms with E-state index in [1.54, 1.807) is 19.1 Å². The van der Waals surface area contributed by atoms with E-state index in [1.807, 2.05) is 6.07 Å². The van der Waals surface area contributed by atoms with Crippen molar-refractivity contribution in [3.8, 4) is 0 Å². The molecule has 5 nitrogen and oxygen atoms in total. The summed E-state index contributed by atoms with van der Waals surface area (Å²) in [5.74, 6) is -0.0749. The number of fused-ring (bicyclic) bond motifs is 1. The van der Waals surface area contributed by atoms with Gasteiger partial charge in [-0.1, -0.05) is 29.3 Å². The van der Waals surface area contributed by atoms with Gasteiger partial charge >= 0.3 is 0 Å². The van der Waals surface area contributed by atoms with Crippen LogP contribution in [-0.2, 0) is 6.42 Å². The molecule has 1 amide bonds. The van der Waals surface area contributed by atoms with E-state index in [0.717, 1.165) is 16.9 Å². The largest absolute Gasteiger partial charge is 0.365 e. The molecule has 0 radical (unpaired) electrons. The van der Waals surface area contributed by atoms with Crippen LogP contribution in [0.3, 0.4) is 0 Å². The average Bonchev–Trinajstić information content (AvgIpc) is 2.80. The van der Waals surface area contributed by atoms with Crippen LogP contribution in [0.25, 0.3) is 10.2 Å². The number of aromatic amines is 1. The summed E-state index contributed by atoms with van der Waals surface area (Å²) < 4.78 is 0. The molecule has 8 heteroatoms.